The van der Waals surface area contributed by atoms with Crippen LogP contribution in [0.5, 0.6) is 0 Å². The Morgan fingerprint density at radius 3 is 2.80 bits per heavy atom. The molecule has 0 aromatic rings. The molecule has 110 valence electrons. The second-order valence-electron chi connectivity index (χ2n) is 5.72. The summed E-state index contributed by atoms with van der Waals surface area (Å²) < 4.78 is 0. The molecule has 2 aliphatic heterocycles. The van der Waals surface area contributed by atoms with E-state index in [1.165, 1.54) is 0 Å². The van der Waals surface area contributed by atoms with Gasteiger partial charge in [0, 0.05) is 32.7 Å². The first-order valence-electron chi connectivity index (χ1n) is 6.82. The van der Waals surface area contributed by atoms with Crippen LogP contribution < -0.4 is 10.6 Å². The fraction of sp³-hybridized carbons (Fsp3) is 0.750. The molecule has 8 heteroatoms. The highest BCUT2D eigenvalue weighted by Gasteiger charge is 2.50. The molecule has 3 rings (SSSR count). The van der Waals surface area contributed by atoms with Crippen LogP contribution in [0.4, 0.5) is 9.59 Å². The number of urea groups is 2. The van der Waals surface area contributed by atoms with Crippen LogP contribution in [0.1, 0.15) is 12.8 Å². The highest BCUT2D eigenvalue weighted by atomic mass is 16.4. The fourth-order valence-electron chi connectivity index (χ4n) is 2.76. The Kier molecular flexibility index (Phi) is 2.95. The Labute approximate surface area is 116 Å². The Hall–Kier alpha value is -1.99. The van der Waals surface area contributed by atoms with Gasteiger partial charge in [0.1, 0.15) is 0 Å². The third-order valence-electron chi connectivity index (χ3n) is 4.40. The van der Waals surface area contributed by atoms with Gasteiger partial charge < -0.3 is 25.5 Å². The quantitative estimate of drug-likeness (QED) is 0.635. The van der Waals surface area contributed by atoms with E-state index in [0.29, 0.717) is 39.0 Å². The van der Waals surface area contributed by atoms with Gasteiger partial charge >= 0.3 is 18.0 Å². The molecular weight excluding hydrogens is 264 g/mol. The summed E-state index contributed by atoms with van der Waals surface area (Å²) in [6.45, 7) is 2.24. The van der Waals surface area contributed by atoms with Crippen LogP contribution in [-0.4, -0.2) is 71.7 Å². The van der Waals surface area contributed by atoms with Crippen LogP contribution >= 0.6 is 0 Å². The lowest BCUT2D eigenvalue weighted by Gasteiger charge is -2.36. The van der Waals surface area contributed by atoms with Crippen LogP contribution in [0.3, 0.4) is 0 Å². The van der Waals surface area contributed by atoms with E-state index in [1.807, 2.05) is 0 Å². The van der Waals surface area contributed by atoms with Gasteiger partial charge in [-0.2, -0.15) is 0 Å². The van der Waals surface area contributed by atoms with Gasteiger partial charge in [0.2, 0.25) is 0 Å². The average molecular weight is 282 g/mol. The summed E-state index contributed by atoms with van der Waals surface area (Å²) in [5, 5.41) is 14.5. The van der Waals surface area contributed by atoms with Crippen LogP contribution in [0.2, 0.25) is 0 Å². The fourth-order valence-corrected chi connectivity index (χ4v) is 2.76. The molecule has 1 atom stereocenters. The number of fused-ring (bicyclic) bond motifs is 1. The van der Waals surface area contributed by atoms with Crippen molar-refractivity contribution in [2.45, 2.75) is 18.9 Å². The molecule has 0 aromatic carbocycles. The predicted octanol–water partition coefficient (Wildman–Crippen LogP) is -0.730. The van der Waals surface area contributed by atoms with Crippen molar-refractivity contribution in [2.75, 3.05) is 32.7 Å². The van der Waals surface area contributed by atoms with Gasteiger partial charge in [-0.3, -0.25) is 4.79 Å². The maximum atomic E-state index is 12.1. The molecule has 8 nitrogen and oxygen atoms in total. The SMILES string of the molecule is O=C(NCC1(C(=O)O)CC1)N1CCN2C(=O)NCC2C1. The number of aliphatic carboxylic acids is 1. The summed E-state index contributed by atoms with van der Waals surface area (Å²) >= 11 is 0. The number of nitrogens with one attached hydrogen (secondary N) is 2. The Morgan fingerprint density at radius 1 is 1.40 bits per heavy atom. The smallest absolute Gasteiger partial charge is 0.317 e. The van der Waals surface area contributed by atoms with Crippen molar-refractivity contribution in [1.82, 2.24) is 20.4 Å². The summed E-state index contributed by atoms with van der Waals surface area (Å²) in [6.07, 6.45) is 1.24. The maximum absolute atomic E-state index is 12.1. The van der Waals surface area contributed by atoms with Crippen molar-refractivity contribution < 1.29 is 19.5 Å². The van der Waals surface area contributed by atoms with Crippen molar-refractivity contribution in [3.05, 3.63) is 0 Å². The summed E-state index contributed by atoms with van der Waals surface area (Å²) in [5.74, 6) is -0.840. The number of nitrogens with zero attached hydrogens (tertiary/aromatic N) is 2. The predicted molar refractivity (Wildman–Crippen MR) is 68.2 cm³/mol. The highest BCUT2D eigenvalue weighted by Crippen LogP contribution is 2.45. The van der Waals surface area contributed by atoms with E-state index in [9.17, 15) is 14.4 Å². The minimum Gasteiger partial charge on any atom is -0.481 e. The van der Waals surface area contributed by atoms with Gasteiger partial charge in [-0.25, -0.2) is 9.59 Å². The molecule has 0 spiro atoms. The summed E-state index contributed by atoms with van der Waals surface area (Å²) in [6, 6.07) is -0.286. The second-order valence-corrected chi connectivity index (χ2v) is 5.72. The normalized spacial score (nSPS) is 26.8. The molecule has 2 saturated heterocycles. The summed E-state index contributed by atoms with van der Waals surface area (Å²) in [5.41, 5.74) is -0.748. The van der Waals surface area contributed by atoms with Crippen molar-refractivity contribution in [1.29, 1.82) is 0 Å². The molecule has 20 heavy (non-hydrogen) atoms. The number of piperazine rings is 1. The van der Waals surface area contributed by atoms with Crippen LogP contribution in [-0.2, 0) is 4.79 Å². The number of carboxylic acid groups (broad SMARTS) is 1. The first kappa shape index (κ1) is 13.0. The number of carbonyl (C=O) groups excluding carboxylic acids is 2. The van der Waals surface area contributed by atoms with Crippen LogP contribution in [0.25, 0.3) is 0 Å². The minimum atomic E-state index is -0.840. The van der Waals surface area contributed by atoms with Crippen molar-refractivity contribution in [2.24, 2.45) is 5.41 Å². The lowest BCUT2D eigenvalue weighted by Crippen LogP contribution is -2.56. The second kappa shape index (κ2) is 4.53. The molecule has 3 fully saturated rings. The molecule has 0 bridgehead atoms. The third-order valence-corrected chi connectivity index (χ3v) is 4.40. The molecule has 0 radical (unpaired) electrons. The summed E-state index contributed by atoms with van der Waals surface area (Å²) in [4.78, 5) is 38.0. The number of amides is 4. The van der Waals surface area contributed by atoms with Crippen molar-refractivity contribution in [3.8, 4) is 0 Å². The van der Waals surface area contributed by atoms with Crippen molar-refractivity contribution in [3.63, 3.8) is 0 Å². The molecule has 1 unspecified atom stereocenters. The molecule has 0 aromatic heterocycles. The van der Waals surface area contributed by atoms with Gasteiger partial charge in [-0.05, 0) is 12.8 Å². The van der Waals surface area contributed by atoms with Crippen molar-refractivity contribution >= 4 is 18.0 Å². The Bertz CT molecular complexity index is 462. The first-order chi connectivity index (χ1) is 9.52. The lowest BCUT2D eigenvalue weighted by atomic mass is 10.1. The molecule has 3 aliphatic rings. The minimum absolute atomic E-state index is 0.0244. The van der Waals surface area contributed by atoms with Gasteiger partial charge in [0.25, 0.3) is 0 Å². The van der Waals surface area contributed by atoms with E-state index in [1.54, 1.807) is 9.80 Å². The largest absolute Gasteiger partial charge is 0.481 e. The number of hydrogen-bond donors (Lipinski definition) is 3. The van der Waals surface area contributed by atoms with Gasteiger partial charge in [0.05, 0.1) is 11.5 Å². The summed E-state index contributed by atoms with van der Waals surface area (Å²) in [7, 11) is 0. The van der Waals surface area contributed by atoms with Crippen LogP contribution in [0, 0.1) is 5.41 Å². The first-order valence-corrected chi connectivity index (χ1v) is 6.82. The van der Waals surface area contributed by atoms with Gasteiger partial charge in [-0.15, -0.1) is 0 Å². The van der Waals surface area contributed by atoms with E-state index >= 15 is 0 Å². The number of hydrogen-bond acceptors (Lipinski definition) is 3. The van der Waals surface area contributed by atoms with E-state index in [2.05, 4.69) is 10.6 Å². The zero-order chi connectivity index (χ0) is 14.3. The molecular formula is C12H18N4O4. The van der Waals surface area contributed by atoms with E-state index < -0.39 is 11.4 Å². The van der Waals surface area contributed by atoms with E-state index in [4.69, 9.17) is 5.11 Å². The van der Waals surface area contributed by atoms with Gasteiger partial charge in [-0.1, -0.05) is 0 Å². The lowest BCUT2D eigenvalue weighted by molar-refractivity contribution is -0.143. The standard InChI is InChI=1S/C12H18N4O4/c17-9(18)12(1-2-12)7-14-10(19)15-3-4-16-8(6-15)5-13-11(16)20/h8H,1-7H2,(H,13,20)(H,14,19)(H,17,18). The van der Waals surface area contributed by atoms with E-state index in [0.717, 1.165) is 0 Å². The topological polar surface area (TPSA) is 102 Å². The molecule has 1 saturated carbocycles. The number of carboxylic acids is 1. The Balaban J connectivity index is 1.51. The highest BCUT2D eigenvalue weighted by molar-refractivity contribution is 5.81. The maximum Gasteiger partial charge on any atom is 0.317 e. The number of carbonyl (C=O) groups is 3. The average Bonchev–Trinajstić information content (AvgIpc) is 3.15. The Morgan fingerprint density at radius 2 is 2.15 bits per heavy atom. The molecule has 3 N–H and O–H groups in total. The monoisotopic (exact) mass is 282 g/mol. The zero-order valence-electron chi connectivity index (χ0n) is 11.1. The van der Waals surface area contributed by atoms with Gasteiger partial charge in [0.15, 0.2) is 0 Å². The van der Waals surface area contributed by atoms with Crippen LogP contribution in [0.15, 0.2) is 0 Å². The van der Waals surface area contributed by atoms with E-state index in [-0.39, 0.29) is 24.6 Å². The molecule has 4 amide bonds. The number of rotatable bonds is 3. The third kappa shape index (κ3) is 2.14. The molecule has 2 heterocycles. The zero-order valence-corrected chi connectivity index (χ0v) is 11.1. The molecule has 1 aliphatic carbocycles.